The van der Waals surface area contributed by atoms with Gasteiger partial charge in [0.15, 0.2) is 25.2 Å². The van der Waals surface area contributed by atoms with Crippen molar-refractivity contribution in [3.8, 4) is 0 Å². The molecule has 0 aromatic rings. The lowest BCUT2D eigenvalue weighted by atomic mass is 9.95. The van der Waals surface area contributed by atoms with Gasteiger partial charge in [0.05, 0.1) is 38.5 Å². The van der Waals surface area contributed by atoms with Crippen LogP contribution in [0.1, 0.15) is 111 Å². The molecule has 4 saturated heterocycles. The van der Waals surface area contributed by atoms with Gasteiger partial charge in [-0.25, -0.2) is 0 Å². The van der Waals surface area contributed by atoms with Crippen LogP contribution in [0.15, 0.2) is 12.2 Å². The third kappa shape index (κ3) is 21.2. The lowest BCUT2D eigenvalue weighted by molar-refractivity contribution is -0.325. The molecular formula is C46H89N5O20. The summed E-state index contributed by atoms with van der Waals surface area (Å²) in [5, 5.41) is 122. The topological polar surface area (TPSA) is 434 Å². The first-order chi connectivity index (χ1) is 33.8. The number of hydrogen-bond acceptors (Lipinski definition) is 23. The Balaban J connectivity index is 0.000000371. The Bertz CT molecular complexity index is 1380. The Labute approximate surface area is 416 Å². The summed E-state index contributed by atoms with van der Waals surface area (Å²) >= 11 is 0. The van der Waals surface area contributed by atoms with Crippen molar-refractivity contribution >= 4 is 11.8 Å². The zero-order valence-electron chi connectivity index (χ0n) is 41.5. The van der Waals surface area contributed by atoms with Crippen LogP contribution in [0.25, 0.3) is 0 Å². The van der Waals surface area contributed by atoms with Crippen molar-refractivity contribution in [3.05, 3.63) is 12.2 Å². The number of ether oxygens (including phenoxy) is 6. The molecule has 0 bridgehead atoms. The molecule has 20 atom stereocenters. The molecule has 0 unspecified atom stereocenters. The van der Waals surface area contributed by atoms with Gasteiger partial charge in [-0.05, 0) is 38.6 Å². The van der Waals surface area contributed by atoms with E-state index < -0.39 is 161 Å². The number of aliphatic hydroxyl groups is 12. The maximum absolute atomic E-state index is 11.3. The molecule has 0 spiro atoms. The molecule has 0 aliphatic carbocycles. The van der Waals surface area contributed by atoms with Crippen LogP contribution in [0.5, 0.6) is 0 Å². The minimum Gasteiger partial charge on any atom is -0.394 e. The van der Waals surface area contributed by atoms with Crippen LogP contribution < -0.4 is 27.8 Å². The van der Waals surface area contributed by atoms with Gasteiger partial charge >= 0.3 is 0 Å². The first kappa shape index (κ1) is 65.0. The molecule has 418 valence electrons. The lowest BCUT2D eigenvalue weighted by Gasteiger charge is -2.46. The van der Waals surface area contributed by atoms with Gasteiger partial charge in [-0.1, -0.05) is 76.9 Å². The highest BCUT2D eigenvalue weighted by molar-refractivity contribution is 5.73. The third-order valence-corrected chi connectivity index (χ3v) is 12.6. The fourth-order valence-corrected chi connectivity index (χ4v) is 8.43. The SMILES string of the molecule is CC(=O)N[C@@H]1[C@@H](O)[C@H](O[C@@H]2O[C@H](CO)[C@@H](O)[C@H](O)[C@H]2N)[C@@H](CO)O[C@H]1O.CC(=O)N[C@@H]1[C@@H](O)[C@H](O[C@@H]2O[C@H](CO)[C@@H](O)[C@H](O)[C@H]2N)[C@@H](CO)O[C@H]1O.CCCCCCCC/C=C\CCCCCCCCN. The number of aliphatic hydroxyl groups excluding tert-OH is 12. The van der Waals surface area contributed by atoms with E-state index in [-0.39, 0.29) is 0 Å². The van der Waals surface area contributed by atoms with Gasteiger partial charge in [-0.15, -0.1) is 0 Å². The van der Waals surface area contributed by atoms with E-state index in [2.05, 4.69) is 29.7 Å². The molecule has 4 fully saturated rings. The number of nitrogens with one attached hydrogen (secondary N) is 2. The van der Waals surface area contributed by atoms with E-state index in [9.17, 15) is 70.9 Å². The van der Waals surface area contributed by atoms with Crippen molar-refractivity contribution in [1.29, 1.82) is 0 Å². The monoisotopic (exact) mass is 1030 g/mol. The van der Waals surface area contributed by atoms with Gasteiger partial charge in [0.2, 0.25) is 11.8 Å². The molecule has 0 aromatic carbocycles. The van der Waals surface area contributed by atoms with Crippen molar-refractivity contribution in [1.82, 2.24) is 10.6 Å². The predicted molar refractivity (Wildman–Crippen MR) is 253 cm³/mol. The van der Waals surface area contributed by atoms with Crippen molar-refractivity contribution in [2.24, 2.45) is 17.2 Å². The largest absolute Gasteiger partial charge is 0.394 e. The molecule has 2 amide bonds. The molecule has 4 aliphatic heterocycles. The van der Waals surface area contributed by atoms with Gasteiger partial charge in [0.1, 0.15) is 85.3 Å². The molecule has 0 saturated carbocycles. The Morgan fingerprint density at radius 2 is 0.831 bits per heavy atom. The molecule has 4 heterocycles. The summed E-state index contributed by atoms with van der Waals surface area (Å²) in [6.07, 6.45) is 1.81. The summed E-state index contributed by atoms with van der Waals surface area (Å²) in [5.74, 6) is -1.08. The highest BCUT2D eigenvalue weighted by Crippen LogP contribution is 2.30. The van der Waals surface area contributed by atoms with Crippen LogP contribution in [0, 0.1) is 0 Å². The average molecular weight is 1030 g/mol. The van der Waals surface area contributed by atoms with Gasteiger partial charge in [0, 0.05) is 13.8 Å². The number of carbonyl (C=O) groups excluding carboxylic acids is 2. The quantitative estimate of drug-likeness (QED) is 0.0302. The minimum atomic E-state index is -1.59. The van der Waals surface area contributed by atoms with Gasteiger partial charge in [0.25, 0.3) is 0 Å². The maximum Gasteiger partial charge on any atom is 0.217 e. The number of carbonyl (C=O) groups is 2. The Kier molecular flexibility index (Phi) is 32.2. The normalized spacial score (nSPS) is 37.3. The number of rotatable bonds is 25. The summed E-state index contributed by atoms with van der Waals surface area (Å²) in [6.45, 7) is 2.98. The minimum absolute atomic E-state index is 0.539. The molecule has 25 heteroatoms. The highest BCUT2D eigenvalue weighted by Gasteiger charge is 2.52. The van der Waals surface area contributed by atoms with E-state index in [4.69, 9.17) is 45.6 Å². The summed E-state index contributed by atoms with van der Waals surface area (Å²) in [4.78, 5) is 22.5. The smallest absolute Gasteiger partial charge is 0.217 e. The predicted octanol–water partition coefficient (Wildman–Crippen LogP) is -4.59. The van der Waals surface area contributed by atoms with Crippen LogP contribution in [0.4, 0.5) is 0 Å². The maximum atomic E-state index is 11.3. The molecule has 4 rings (SSSR count). The highest BCUT2D eigenvalue weighted by atomic mass is 16.7. The van der Waals surface area contributed by atoms with Crippen LogP contribution in [-0.4, -0.2) is 229 Å². The summed E-state index contributed by atoms with van der Waals surface area (Å²) < 4.78 is 32.0. The molecule has 71 heavy (non-hydrogen) atoms. The molecule has 20 N–H and O–H groups in total. The molecule has 0 radical (unpaired) electrons. The first-order valence-electron chi connectivity index (χ1n) is 25.0. The van der Waals surface area contributed by atoms with Crippen LogP contribution in [0.3, 0.4) is 0 Å². The van der Waals surface area contributed by atoms with Gasteiger partial charge in [-0.2, -0.15) is 0 Å². The number of hydrogen-bond donors (Lipinski definition) is 17. The summed E-state index contributed by atoms with van der Waals surface area (Å²) in [7, 11) is 0. The second-order valence-corrected chi connectivity index (χ2v) is 18.4. The number of unbranched alkanes of at least 4 members (excludes halogenated alkanes) is 12. The zero-order valence-corrected chi connectivity index (χ0v) is 41.5. The number of amides is 2. The standard InChI is InChI=1S/C18H37N.2C14H26N2O10/c1-2-3-4-5-6-7-8-9-10-11-12-13-14-15-16-17-18-19;2*1-4(19)16-8-11(22)12(6(3-18)24-13(8)23)26-14-7(15)10(21)9(20)5(2-17)25-14/h9-10H,2-8,11-19H2,1H3;2*5-14,17-18,20-23H,2-3,15H2,1H3,(H,16,19)/b10-9-;;/t;2*5-,6-,7-,8-,9-,10-,11-,12-,13-,14+/m.11/s1. The Hall–Kier alpha value is -2.16. The second kappa shape index (κ2) is 35.2. The Morgan fingerprint density at radius 3 is 1.15 bits per heavy atom. The van der Waals surface area contributed by atoms with Crippen molar-refractivity contribution in [3.63, 3.8) is 0 Å². The van der Waals surface area contributed by atoms with Crippen LogP contribution >= 0.6 is 0 Å². The fraction of sp³-hybridized carbons (Fsp3) is 0.913. The van der Waals surface area contributed by atoms with Gasteiger partial charge in [-0.3, -0.25) is 9.59 Å². The molecule has 25 nitrogen and oxygen atoms in total. The van der Waals surface area contributed by atoms with E-state index in [1.165, 1.54) is 104 Å². The number of allylic oxidation sites excluding steroid dienone is 2. The van der Waals surface area contributed by atoms with Crippen molar-refractivity contribution < 1.29 is 99.3 Å². The van der Waals surface area contributed by atoms with Crippen LogP contribution in [0.2, 0.25) is 0 Å². The van der Waals surface area contributed by atoms with Crippen molar-refractivity contribution in [2.45, 2.75) is 233 Å². The van der Waals surface area contributed by atoms with E-state index in [1.807, 2.05) is 0 Å². The first-order valence-corrected chi connectivity index (χ1v) is 25.0. The van der Waals surface area contributed by atoms with E-state index in [0.717, 1.165) is 6.54 Å². The van der Waals surface area contributed by atoms with Gasteiger partial charge < -0.3 is 118 Å². The number of nitrogens with two attached hydrogens (primary N) is 3. The summed E-state index contributed by atoms with van der Waals surface area (Å²) in [5.41, 5.74) is 17.0. The Morgan fingerprint density at radius 1 is 0.493 bits per heavy atom. The molecule has 0 aromatic heterocycles. The molecule has 4 aliphatic rings. The fourth-order valence-electron chi connectivity index (χ4n) is 8.43. The lowest BCUT2D eigenvalue weighted by Crippen LogP contribution is -2.68. The zero-order chi connectivity index (χ0) is 53.2. The third-order valence-electron chi connectivity index (χ3n) is 12.6. The summed E-state index contributed by atoms with van der Waals surface area (Å²) in [6, 6.07) is -4.95. The van der Waals surface area contributed by atoms with E-state index in [1.54, 1.807) is 0 Å². The average Bonchev–Trinajstić information content (AvgIpc) is 3.34. The van der Waals surface area contributed by atoms with Crippen LogP contribution in [-0.2, 0) is 38.0 Å². The molecular weight excluding hydrogens is 943 g/mol. The second-order valence-electron chi connectivity index (χ2n) is 18.4. The van der Waals surface area contributed by atoms with Crippen molar-refractivity contribution in [2.75, 3.05) is 33.0 Å². The van der Waals surface area contributed by atoms with E-state index in [0.29, 0.717) is 0 Å². The van der Waals surface area contributed by atoms with E-state index >= 15 is 0 Å².